The Hall–Kier alpha value is -2.80. The van der Waals surface area contributed by atoms with Gasteiger partial charge in [0.1, 0.15) is 0 Å². The van der Waals surface area contributed by atoms with Gasteiger partial charge in [-0.05, 0) is 31.0 Å². The molecule has 1 heterocycles. The second-order valence-corrected chi connectivity index (χ2v) is 7.15. The maximum absolute atomic E-state index is 12.4. The minimum Gasteiger partial charge on any atom is -0.335 e. The molecular weight excluding hydrogens is 346 g/mol. The number of rotatable bonds is 6. The molecule has 1 unspecified atom stereocenters. The standard InChI is InChI=1S/C19H21N5OS/c1-3-14-9-11-16(12-10-14)21-18(25)13(2)26-19-23-22-17(24(19)20)15-7-5-4-6-8-15/h4-13H,3,20H2,1-2H3,(H,21,25). The van der Waals surface area contributed by atoms with E-state index in [0.29, 0.717) is 11.0 Å². The van der Waals surface area contributed by atoms with Gasteiger partial charge in [0.25, 0.3) is 0 Å². The van der Waals surface area contributed by atoms with Gasteiger partial charge in [-0.2, -0.15) is 0 Å². The Morgan fingerprint density at radius 2 is 1.85 bits per heavy atom. The van der Waals surface area contributed by atoms with E-state index in [1.807, 2.05) is 61.5 Å². The summed E-state index contributed by atoms with van der Waals surface area (Å²) in [5.41, 5.74) is 2.89. The van der Waals surface area contributed by atoms with Gasteiger partial charge in [-0.15, -0.1) is 10.2 Å². The molecular formula is C19H21N5OS. The predicted molar refractivity (Wildman–Crippen MR) is 105 cm³/mol. The first-order chi connectivity index (χ1) is 12.6. The molecule has 3 N–H and O–H groups in total. The summed E-state index contributed by atoms with van der Waals surface area (Å²) in [4.78, 5) is 12.4. The summed E-state index contributed by atoms with van der Waals surface area (Å²) in [5, 5.41) is 11.3. The van der Waals surface area contributed by atoms with Crippen LogP contribution in [0.15, 0.2) is 59.8 Å². The smallest absolute Gasteiger partial charge is 0.237 e. The van der Waals surface area contributed by atoms with Crippen molar-refractivity contribution in [3.63, 3.8) is 0 Å². The fraction of sp³-hybridized carbons (Fsp3) is 0.211. The zero-order valence-electron chi connectivity index (χ0n) is 14.7. The molecule has 6 nitrogen and oxygen atoms in total. The number of carbonyl (C=O) groups is 1. The number of nitrogens with two attached hydrogens (primary N) is 1. The Morgan fingerprint density at radius 1 is 1.15 bits per heavy atom. The van der Waals surface area contributed by atoms with Gasteiger partial charge in [-0.25, -0.2) is 4.68 Å². The van der Waals surface area contributed by atoms with E-state index in [1.165, 1.54) is 22.0 Å². The van der Waals surface area contributed by atoms with E-state index in [9.17, 15) is 4.79 Å². The van der Waals surface area contributed by atoms with Crippen LogP contribution in [0.1, 0.15) is 19.4 Å². The summed E-state index contributed by atoms with van der Waals surface area (Å²) in [7, 11) is 0. The summed E-state index contributed by atoms with van der Waals surface area (Å²) in [6.07, 6.45) is 0.969. The van der Waals surface area contributed by atoms with Crippen molar-refractivity contribution in [2.45, 2.75) is 30.7 Å². The monoisotopic (exact) mass is 367 g/mol. The van der Waals surface area contributed by atoms with Crippen LogP contribution in [-0.4, -0.2) is 26.0 Å². The molecule has 3 rings (SSSR count). The number of hydrogen-bond acceptors (Lipinski definition) is 5. The van der Waals surface area contributed by atoms with Gasteiger partial charge in [0.2, 0.25) is 11.1 Å². The van der Waals surface area contributed by atoms with E-state index in [1.54, 1.807) is 0 Å². The predicted octanol–water partition coefficient (Wildman–Crippen LogP) is 3.34. The fourth-order valence-corrected chi connectivity index (χ4v) is 3.19. The number of carbonyl (C=O) groups excluding carboxylic acids is 1. The molecule has 2 aromatic carbocycles. The SMILES string of the molecule is CCc1ccc(NC(=O)C(C)Sc2nnc(-c3ccccc3)n2N)cc1. The lowest BCUT2D eigenvalue weighted by atomic mass is 10.1. The molecule has 0 spiro atoms. The van der Waals surface area contributed by atoms with E-state index in [4.69, 9.17) is 5.84 Å². The summed E-state index contributed by atoms with van der Waals surface area (Å²) in [6, 6.07) is 17.4. The summed E-state index contributed by atoms with van der Waals surface area (Å²) >= 11 is 1.27. The van der Waals surface area contributed by atoms with E-state index < -0.39 is 0 Å². The first kappa shape index (κ1) is 18.0. The second-order valence-electron chi connectivity index (χ2n) is 5.84. The van der Waals surface area contributed by atoms with Crippen LogP contribution in [0, 0.1) is 0 Å². The van der Waals surface area contributed by atoms with Crippen LogP contribution in [0.4, 0.5) is 5.69 Å². The minimum absolute atomic E-state index is 0.108. The molecule has 0 fully saturated rings. The fourth-order valence-electron chi connectivity index (χ4n) is 2.42. The van der Waals surface area contributed by atoms with Gasteiger partial charge >= 0.3 is 0 Å². The van der Waals surface area contributed by atoms with E-state index in [0.717, 1.165) is 17.7 Å². The topological polar surface area (TPSA) is 85.8 Å². The van der Waals surface area contributed by atoms with Crippen LogP contribution < -0.4 is 11.2 Å². The molecule has 0 bridgehead atoms. The lowest BCUT2D eigenvalue weighted by molar-refractivity contribution is -0.115. The highest BCUT2D eigenvalue weighted by atomic mass is 32.2. The lowest BCUT2D eigenvalue weighted by Gasteiger charge is -2.12. The maximum Gasteiger partial charge on any atom is 0.237 e. The number of amides is 1. The molecule has 0 radical (unpaired) electrons. The number of anilines is 1. The number of hydrogen-bond donors (Lipinski definition) is 2. The highest BCUT2D eigenvalue weighted by Crippen LogP contribution is 2.25. The van der Waals surface area contributed by atoms with Crippen LogP contribution in [0.2, 0.25) is 0 Å². The first-order valence-corrected chi connectivity index (χ1v) is 9.28. The van der Waals surface area contributed by atoms with Gasteiger partial charge in [0.15, 0.2) is 5.82 Å². The van der Waals surface area contributed by atoms with Crippen LogP contribution in [-0.2, 0) is 11.2 Å². The van der Waals surface area contributed by atoms with Gasteiger partial charge in [-0.3, -0.25) is 4.79 Å². The summed E-state index contributed by atoms with van der Waals surface area (Å²) < 4.78 is 1.42. The van der Waals surface area contributed by atoms with Crippen molar-refractivity contribution in [3.8, 4) is 11.4 Å². The molecule has 1 aromatic heterocycles. The molecule has 0 aliphatic rings. The number of nitrogens with one attached hydrogen (secondary N) is 1. The largest absolute Gasteiger partial charge is 0.335 e. The average Bonchev–Trinajstić information content (AvgIpc) is 3.03. The molecule has 0 saturated heterocycles. The zero-order valence-corrected chi connectivity index (χ0v) is 15.5. The van der Waals surface area contributed by atoms with E-state index >= 15 is 0 Å². The van der Waals surface area contributed by atoms with Crippen LogP contribution in [0.3, 0.4) is 0 Å². The third-order valence-electron chi connectivity index (χ3n) is 3.98. The highest BCUT2D eigenvalue weighted by Gasteiger charge is 2.20. The number of nitrogens with zero attached hydrogens (tertiary/aromatic N) is 3. The molecule has 1 amide bonds. The Labute approximate surface area is 156 Å². The Balaban J connectivity index is 1.66. The molecule has 26 heavy (non-hydrogen) atoms. The summed E-state index contributed by atoms with van der Waals surface area (Å²) in [6.45, 7) is 3.91. The van der Waals surface area contributed by atoms with Crippen molar-refractivity contribution < 1.29 is 4.79 Å². The van der Waals surface area contributed by atoms with Gasteiger partial charge in [0, 0.05) is 11.3 Å². The zero-order chi connectivity index (χ0) is 18.5. The molecule has 3 aromatic rings. The van der Waals surface area contributed by atoms with Crippen LogP contribution in [0.25, 0.3) is 11.4 Å². The van der Waals surface area contributed by atoms with Crippen molar-refractivity contribution in [1.29, 1.82) is 0 Å². The number of nitrogen functional groups attached to an aromatic ring is 1. The number of thioether (sulfide) groups is 1. The normalized spacial score (nSPS) is 11.9. The van der Waals surface area contributed by atoms with Gasteiger partial charge in [0.05, 0.1) is 5.25 Å². The van der Waals surface area contributed by atoms with Crippen molar-refractivity contribution in [2.24, 2.45) is 0 Å². The average molecular weight is 367 g/mol. The summed E-state index contributed by atoms with van der Waals surface area (Å²) in [5.74, 6) is 6.57. The van der Waals surface area contributed by atoms with Crippen molar-refractivity contribution in [2.75, 3.05) is 11.2 Å². The molecule has 0 aliphatic heterocycles. The highest BCUT2D eigenvalue weighted by molar-refractivity contribution is 8.00. The lowest BCUT2D eigenvalue weighted by Crippen LogP contribution is -2.23. The molecule has 0 aliphatic carbocycles. The third-order valence-corrected chi connectivity index (χ3v) is 5.03. The Kier molecular flexibility index (Phi) is 5.58. The van der Waals surface area contributed by atoms with E-state index in [-0.39, 0.29) is 11.2 Å². The maximum atomic E-state index is 12.4. The van der Waals surface area contributed by atoms with Crippen molar-refractivity contribution in [1.82, 2.24) is 14.9 Å². The van der Waals surface area contributed by atoms with Crippen molar-refractivity contribution >= 4 is 23.4 Å². The Morgan fingerprint density at radius 3 is 2.50 bits per heavy atom. The van der Waals surface area contributed by atoms with Gasteiger partial charge in [-0.1, -0.05) is 61.2 Å². The van der Waals surface area contributed by atoms with E-state index in [2.05, 4.69) is 22.4 Å². The quantitative estimate of drug-likeness (QED) is 0.515. The van der Waals surface area contributed by atoms with Crippen molar-refractivity contribution in [3.05, 3.63) is 60.2 Å². The van der Waals surface area contributed by atoms with Crippen LogP contribution >= 0.6 is 11.8 Å². The minimum atomic E-state index is -0.365. The molecule has 1 atom stereocenters. The van der Waals surface area contributed by atoms with Gasteiger partial charge < -0.3 is 11.2 Å². The Bertz CT molecular complexity index is 877. The molecule has 7 heteroatoms. The first-order valence-electron chi connectivity index (χ1n) is 8.41. The second kappa shape index (κ2) is 8.05. The molecule has 0 saturated carbocycles. The molecule has 134 valence electrons. The number of aromatic nitrogens is 3. The number of aryl methyl sites for hydroxylation is 1. The third kappa shape index (κ3) is 4.05. The number of benzene rings is 2. The van der Waals surface area contributed by atoms with Crippen LogP contribution in [0.5, 0.6) is 0 Å².